The maximum absolute atomic E-state index is 5.83. The molecule has 1 unspecified atom stereocenters. The maximum atomic E-state index is 5.83. The first-order valence-corrected chi connectivity index (χ1v) is 6.71. The molecule has 0 spiro atoms. The first kappa shape index (κ1) is 13.6. The Morgan fingerprint density at radius 2 is 1.84 bits per heavy atom. The van der Waals surface area contributed by atoms with Crippen LogP contribution in [0.1, 0.15) is 11.1 Å². The summed E-state index contributed by atoms with van der Waals surface area (Å²) in [7, 11) is 0. The third-order valence-electron chi connectivity index (χ3n) is 3.18. The lowest BCUT2D eigenvalue weighted by molar-refractivity contribution is 0.251. The van der Waals surface area contributed by atoms with Crippen LogP contribution in [-0.4, -0.2) is 13.2 Å². The Labute approximate surface area is 115 Å². The van der Waals surface area contributed by atoms with E-state index in [9.17, 15) is 0 Å². The zero-order valence-corrected chi connectivity index (χ0v) is 11.4. The van der Waals surface area contributed by atoms with Gasteiger partial charge in [0.25, 0.3) is 0 Å². The van der Waals surface area contributed by atoms with Gasteiger partial charge in [0.2, 0.25) is 0 Å². The van der Waals surface area contributed by atoms with Gasteiger partial charge < -0.3 is 10.5 Å². The zero-order valence-electron chi connectivity index (χ0n) is 11.4. The molecule has 0 fully saturated rings. The van der Waals surface area contributed by atoms with Gasteiger partial charge in [-0.2, -0.15) is 0 Å². The molecule has 0 aliphatic carbocycles. The van der Waals surface area contributed by atoms with Crippen molar-refractivity contribution in [3.8, 4) is 5.75 Å². The van der Waals surface area contributed by atoms with Crippen LogP contribution in [0.5, 0.6) is 5.75 Å². The average molecular weight is 255 g/mol. The molecule has 2 aromatic carbocycles. The summed E-state index contributed by atoms with van der Waals surface area (Å²) >= 11 is 0. The Hall–Kier alpha value is -1.80. The Balaban J connectivity index is 1.89. The van der Waals surface area contributed by atoms with Crippen LogP contribution in [0.15, 0.2) is 54.6 Å². The molecule has 1 atom stereocenters. The van der Waals surface area contributed by atoms with E-state index >= 15 is 0 Å². The lowest BCUT2D eigenvalue weighted by atomic mass is 10.0. The van der Waals surface area contributed by atoms with E-state index in [1.807, 2.05) is 18.2 Å². The summed E-state index contributed by atoms with van der Waals surface area (Å²) in [5.41, 5.74) is 8.36. The molecule has 0 bridgehead atoms. The zero-order chi connectivity index (χ0) is 13.5. The Morgan fingerprint density at radius 1 is 1.05 bits per heavy atom. The van der Waals surface area contributed by atoms with Crippen molar-refractivity contribution in [1.82, 2.24) is 0 Å². The molecule has 19 heavy (non-hydrogen) atoms. The molecule has 2 rings (SSSR count). The van der Waals surface area contributed by atoms with Crippen LogP contribution in [0.4, 0.5) is 0 Å². The van der Waals surface area contributed by atoms with E-state index < -0.39 is 0 Å². The average Bonchev–Trinajstić information content (AvgIpc) is 2.44. The van der Waals surface area contributed by atoms with Gasteiger partial charge in [-0.05, 0) is 43.1 Å². The molecule has 2 heteroatoms. The highest BCUT2D eigenvalue weighted by atomic mass is 16.5. The number of nitrogens with two attached hydrogens (primary N) is 1. The number of aryl methyl sites for hydroxylation is 1. The summed E-state index contributed by atoms with van der Waals surface area (Å²) in [6.45, 7) is 3.37. The topological polar surface area (TPSA) is 35.2 Å². The quantitative estimate of drug-likeness (QED) is 0.860. The fourth-order valence-electron chi connectivity index (χ4n) is 2.08. The van der Waals surface area contributed by atoms with Crippen LogP contribution in [-0.2, 0) is 6.42 Å². The lowest BCUT2D eigenvalue weighted by Gasteiger charge is -2.16. The first-order valence-electron chi connectivity index (χ1n) is 6.71. The Bertz CT molecular complexity index is 496. The van der Waals surface area contributed by atoms with E-state index in [1.54, 1.807) is 0 Å². The third-order valence-corrected chi connectivity index (χ3v) is 3.18. The van der Waals surface area contributed by atoms with E-state index in [0.29, 0.717) is 19.1 Å². The minimum atomic E-state index is 0.350. The second-order valence-electron chi connectivity index (χ2n) is 4.92. The van der Waals surface area contributed by atoms with Gasteiger partial charge in [0.05, 0.1) is 6.61 Å². The van der Waals surface area contributed by atoms with Crippen LogP contribution in [0.3, 0.4) is 0 Å². The molecular formula is C17H21NO. The van der Waals surface area contributed by atoms with E-state index in [0.717, 1.165) is 12.2 Å². The van der Waals surface area contributed by atoms with Gasteiger partial charge >= 0.3 is 0 Å². The van der Waals surface area contributed by atoms with Gasteiger partial charge in [-0.25, -0.2) is 0 Å². The molecule has 0 saturated heterocycles. The molecule has 0 heterocycles. The van der Waals surface area contributed by atoms with Crippen LogP contribution >= 0.6 is 0 Å². The van der Waals surface area contributed by atoms with Gasteiger partial charge in [0.1, 0.15) is 5.75 Å². The summed E-state index contributed by atoms with van der Waals surface area (Å²) in [5.74, 6) is 1.27. The van der Waals surface area contributed by atoms with Gasteiger partial charge in [0, 0.05) is 5.92 Å². The summed E-state index contributed by atoms with van der Waals surface area (Å²) in [4.78, 5) is 0. The molecular weight excluding hydrogens is 234 g/mol. The van der Waals surface area contributed by atoms with E-state index in [2.05, 4.69) is 43.3 Å². The van der Waals surface area contributed by atoms with Crippen molar-refractivity contribution in [2.75, 3.05) is 13.2 Å². The Morgan fingerprint density at radius 3 is 2.53 bits per heavy atom. The Kier molecular flexibility index (Phi) is 4.99. The van der Waals surface area contributed by atoms with Gasteiger partial charge in [-0.15, -0.1) is 0 Å². The van der Waals surface area contributed by atoms with Crippen molar-refractivity contribution >= 4 is 0 Å². The number of hydrogen-bond acceptors (Lipinski definition) is 2. The summed E-state index contributed by atoms with van der Waals surface area (Å²) in [6.07, 6.45) is 0.961. The van der Waals surface area contributed by atoms with E-state index in [1.165, 1.54) is 11.1 Å². The smallest absolute Gasteiger partial charge is 0.119 e. The van der Waals surface area contributed by atoms with Crippen LogP contribution < -0.4 is 10.5 Å². The lowest BCUT2D eigenvalue weighted by Crippen LogP contribution is -2.23. The third kappa shape index (κ3) is 4.42. The SMILES string of the molecule is Cc1cccc(OCC(CN)Cc2ccccc2)c1. The van der Waals surface area contributed by atoms with E-state index in [4.69, 9.17) is 10.5 Å². The molecule has 2 nitrogen and oxygen atoms in total. The summed E-state index contributed by atoms with van der Waals surface area (Å²) in [5, 5.41) is 0. The number of benzene rings is 2. The summed E-state index contributed by atoms with van der Waals surface area (Å²) < 4.78 is 5.83. The normalized spacial score (nSPS) is 12.1. The van der Waals surface area contributed by atoms with Crippen LogP contribution in [0.2, 0.25) is 0 Å². The van der Waals surface area contributed by atoms with Crippen molar-refractivity contribution in [3.05, 3.63) is 65.7 Å². The molecule has 0 saturated carbocycles. The molecule has 0 aliphatic heterocycles. The fraction of sp³-hybridized carbons (Fsp3) is 0.294. The van der Waals surface area contributed by atoms with Crippen LogP contribution in [0.25, 0.3) is 0 Å². The van der Waals surface area contributed by atoms with Gasteiger partial charge in [-0.1, -0.05) is 42.5 Å². The van der Waals surface area contributed by atoms with Gasteiger partial charge in [0.15, 0.2) is 0 Å². The standard InChI is InChI=1S/C17H21NO/c1-14-6-5-9-17(10-14)19-13-16(12-18)11-15-7-3-2-4-8-15/h2-10,16H,11-13,18H2,1H3. The predicted molar refractivity (Wildman–Crippen MR) is 79.4 cm³/mol. The number of ether oxygens (including phenoxy) is 1. The second-order valence-corrected chi connectivity index (χ2v) is 4.92. The molecule has 0 amide bonds. The molecule has 0 radical (unpaired) electrons. The molecule has 2 N–H and O–H groups in total. The summed E-state index contributed by atoms with van der Waals surface area (Å²) in [6, 6.07) is 18.5. The van der Waals surface area contributed by atoms with E-state index in [-0.39, 0.29) is 0 Å². The van der Waals surface area contributed by atoms with Crippen molar-refractivity contribution < 1.29 is 4.74 Å². The monoisotopic (exact) mass is 255 g/mol. The fourth-order valence-corrected chi connectivity index (χ4v) is 2.08. The second kappa shape index (κ2) is 6.95. The predicted octanol–water partition coefficient (Wildman–Crippen LogP) is 3.19. The molecule has 100 valence electrons. The van der Waals surface area contributed by atoms with Crippen LogP contribution in [0, 0.1) is 12.8 Å². The van der Waals surface area contributed by atoms with Gasteiger partial charge in [-0.3, -0.25) is 0 Å². The highest BCUT2D eigenvalue weighted by Gasteiger charge is 2.09. The highest BCUT2D eigenvalue weighted by molar-refractivity contribution is 5.27. The highest BCUT2D eigenvalue weighted by Crippen LogP contribution is 2.15. The van der Waals surface area contributed by atoms with Crippen molar-refractivity contribution in [2.45, 2.75) is 13.3 Å². The molecule has 2 aromatic rings. The van der Waals surface area contributed by atoms with Crippen molar-refractivity contribution in [1.29, 1.82) is 0 Å². The number of rotatable bonds is 6. The maximum Gasteiger partial charge on any atom is 0.119 e. The first-order chi connectivity index (χ1) is 9.28. The van der Waals surface area contributed by atoms with Crippen molar-refractivity contribution in [3.63, 3.8) is 0 Å². The number of hydrogen-bond donors (Lipinski definition) is 1. The minimum absolute atomic E-state index is 0.350. The molecule has 0 aliphatic rings. The minimum Gasteiger partial charge on any atom is -0.493 e. The van der Waals surface area contributed by atoms with Crippen molar-refractivity contribution in [2.24, 2.45) is 11.7 Å². The largest absolute Gasteiger partial charge is 0.493 e. The molecule has 0 aromatic heterocycles.